The molecule has 0 spiro atoms. The quantitative estimate of drug-likeness (QED) is 0.226. The number of halogens is 8. The summed E-state index contributed by atoms with van der Waals surface area (Å²) in [4.78, 5) is 25.6. The number of hydrogen-bond donors (Lipinski definition) is 2. The minimum absolute atomic E-state index is 0.0293. The van der Waals surface area contributed by atoms with Crippen LogP contribution in [0.25, 0.3) is 6.08 Å². The second-order valence-electron chi connectivity index (χ2n) is 8.44. The monoisotopic (exact) mass is 588 g/mol. The average molecular weight is 590 g/mol. The van der Waals surface area contributed by atoms with Crippen LogP contribution in [0.3, 0.4) is 0 Å². The number of amides is 2. The van der Waals surface area contributed by atoms with Gasteiger partial charge in [-0.05, 0) is 47.5 Å². The maximum absolute atomic E-state index is 13.9. The van der Waals surface area contributed by atoms with E-state index in [0.717, 1.165) is 24.3 Å². The zero-order chi connectivity index (χ0) is 28.0. The minimum Gasteiger partial charge on any atom is -0.326 e. The molecule has 1 saturated carbocycles. The molecule has 0 bridgehead atoms. The fraction of sp³-hybridized carbons (Fsp3) is 0.154. The molecule has 0 unspecified atom stereocenters. The fourth-order valence-electron chi connectivity index (χ4n) is 4.04. The molecule has 0 radical (unpaired) electrons. The van der Waals surface area contributed by atoms with E-state index in [1.165, 1.54) is 30.3 Å². The van der Waals surface area contributed by atoms with Gasteiger partial charge in [-0.1, -0.05) is 36.4 Å². The summed E-state index contributed by atoms with van der Waals surface area (Å²) in [5, 5.41) is 4.75. The van der Waals surface area contributed by atoms with E-state index in [0.29, 0.717) is 6.07 Å². The summed E-state index contributed by atoms with van der Waals surface area (Å²) < 4.78 is 65.8. The SMILES string of the molecule is C=Cc1ccc([C@@H]2[C@@H](C(=O)Nc3ccc(Cl)c(C(=O)Nc4ccc(F)cc4F)c3)C2(Cl)Cl)cc1C(F)(F)F. The highest BCUT2D eigenvalue weighted by atomic mass is 35.5. The highest BCUT2D eigenvalue weighted by molar-refractivity contribution is 6.53. The molecule has 3 aromatic rings. The number of rotatable bonds is 6. The van der Waals surface area contributed by atoms with Crippen molar-refractivity contribution in [1.82, 2.24) is 0 Å². The first-order valence-electron chi connectivity index (χ1n) is 10.8. The van der Waals surface area contributed by atoms with E-state index >= 15 is 0 Å². The molecule has 198 valence electrons. The van der Waals surface area contributed by atoms with Gasteiger partial charge >= 0.3 is 6.18 Å². The number of benzene rings is 3. The van der Waals surface area contributed by atoms with Gasteiger partial charge in [-0.15, -0.1) is 23.2 Å². The molecule has 38 heavy (non-hydrogen) atoms. The van der Waals surface area contributed by atoms with Crippen LogP contribution in [-0.4, -0.2) is 16.1 Å². The fourth-order valence-corrected chi connectivity index (χ4v) is 5.07. The molecule has 2 N–H and O–H groups in total. The third-order valence-electron chi connectivity index (χ3n) is 5.96. The molecule has 2 atom stereocenters. The highest BCUT2D eigenvalue weighted by Gasteiger charge is 2.67. The lowest BCUT2D eigenvalue weighted by Gasteiger charge is -2.12. The first kappa shape index (κ1) is 27.9. The van der Waals surface area contributed by atoms with E-state index in [1.54, 1.807) is 0 Å². The van der Waals surface area contributed by atoms with Gasteiger partial charge in [-0.2, -0.15) is 13.2 Å². The summed E-state index contributed by atoms with van der Waals surface area (Å²) in [7, 11) is 0. The van der Waals surface area contributed by atoms with Gasteiger partial charge in [-0.25, -0.2) is 8.78 Å². The van der Waals surface area contributed by atoms with Crippen LogP contribution in [0.1, 0.15) is 33.0 Å². The van der Waals surface area contributed by atoms with Gasteiger partial charge in [0, 0.05) is 17.7 Å². The van der Waals surface area contributed by atoms with Crippen LogP contribution >= 0.6 is 34.8 Å². The Kier molecular flexibility index (Phi) is 7.49. The molecule has 2 amide bonds. The first-order valence-corrected chi connectivity index (χ1v) is 12.0. The van der Waals surface area contributed by atoms with Crippen molar-refractivity contribution in [2.75, 3.05) is 10.6 Å². The van der Waals surface area contributed by atoms with Crippen molar-refractivity contribution in [3.63, 3.8) is 0 Å². The predicted molar refractivity (Wildman–Crippen MR) is 137 cm³/mol. The molecular weight excluding hydrogens is 574 g/mol. The summed E-state index contributed by atoms with van der Waals surface area (Å²) >= 11 is 18.7. The summed E-state index contributed by atoms with van der Waals surface area (Å²) in [6, 6.07) is 9.95. The van der Waals surface area contributed by atoms with Gasteiger partial charge < -0.3 is 10.6 Å². The normalized spacial score (nSPS) is 18.0. The Labute approximate surface area is 228 Å². The van der Waals surface area contributed by atoms with Crippen molar-refractivity contribution in [2.24, 2.45) is 5.92 Å². The van der Waals surface area contributed by atoms with Crippen LogP contribution < -0.4 is 10.6 Å². The zero-order valence-electron chi connectivity index (χ0n) is 19.0. The smallest absolute Gasteiger partial charge is 0.326 e. The Morgan fingerprint density at radius 2 is 1.68 bits per heavy atom. The molecule has 0 aromatic heterocycles. The van der Waals surface area contributed by atoms with Crippen molar-refractivity contribution < 1.29 is 31.5 Å². The molecule has 3 aromatic carbocycles. The van der Waals surface area contributed by atoms with Gasteiger partial charge in [0.05, 0.1) is 27.8 Å². The number of carbonyl (C=O) groups is 2. The predicted octanol–water partition coefficient (Wildman–Crippen LogP) is 8.06. The average Bonchev–Trinajstić information content (AvgIpc) is 3.42. The molecule has 4 rings (SSSR count). The van der Waals surface area contributed by atoms with Crippen molar-refractivity contribution in [3.8, 4) is 0 Å². The van der Waals surface area contributed by atoms with Crippen LogP contribution in [0, 0.1) is 17.6 Å². The summed E-state index contributed by atoms with van der Waals surface area (Å²) in [5.74, 6) is -5.44. The molecule has 1 fully saturated rings. The summed E-state index contributed by atoms with van der Waals surface area (Å²) in [5.41, 5.74) is -1.30. The third-order valence-corrected chi connectivity index (χ3v) is 7.23. The van der Waals surface area contributed by atoms with E-state index < -0.39 is 51.4 Å². The molecule has 4 nitrogen and oxygen atoms in total. The standard InChI is InChI=1S/C26H16Cl3F5N2O2/c1-2-12-3-4-13(9-17(12)26(32,33)34)21-22(25(21,28)29)24(38)35-15-6-7-18(27)16(11-15)23(37)36-20-8-5-14(30)10-19(20)31/h2-11,21-22H,1H2,(H,35,38)(H,36,37)/t21-,22+/m1/s1. The zero-order valence-corrected chi connectivity index (χ0v) is 21.2. The van der Waals surface area contributed by atoms with Crippen LogP contribution in [0.2, 0.25) is 5.02 Å². The lowest BCUT2D eigenvalue weighted by atomic mass is 10.00. The van der Waals surface area contributed by atoms with E-state index in [4.69, 9.17) is 34.8 Å². The molecule has 0 saturated heterocycles. The third kappa shape index (κ3) is 5.50. The van der Waals surface area contributed by atoms with E-state index in [1.807, 2.05) is 0 Å². The summed E-state index contributed by atoms with van der Waals surface area (Å²) in [6.45, 7) is 3.38. The molecular formula is C26H16Cl3F5N2O2. The number of alkyl halides is 5. The first-order chi connectivity index (χ1) is 17.7. The Bertz CT molecular complexity index is 1460. The highest BCUT2D eigenvalue weighted by Crippen LogP contribution is 2.65. The molecule has 12 heteroatoms. The van der Waals surface area contributed by atoms with Gasteiger partial charge in [-0.3, -0.25) is 9.59 Å². The van der Waals surface area contributed by atoms with E-state index in [9.17, 15) is 31.5 Å². The number of anilines is 2. The molecule has 1 aliphatic rings. The van der Waals surface area contributed by atoms with E-state index in [2.05, 4.69) is 17.2 Å². The number of nitrogens with one attached hydrogen (secondary N) is 2. The Morgan fingerprint density at radius 1 is 0.974 bits per heavy atom. The van der Waals surface area contributed by atoms with Gasteiger partial charge in [0.1, 0.15) is 16.0 Å². The van der Waals surface area contributed by atoms with Crippen molar-refractivity contribution in [2.45, 2.75) is 16.4 Å². The minimum atomic E-state index is -4.66. The second kappa shape index (κ2) is 10.2. The molecule has 1 aliphatic carbocycles. The number of hydrogen-bond acceptors (Lipinski definition) is 2. The largest absolute Gasteiger partial charge is 0.416 e. The van der Waals surface area contributed by atoms with Crippen molar-refractivity contribution in [3.05, 3.63) is 100 Å². The van der Waals surface area contributed by atoms with Crippen LogP contribution in [0.4, 0.5) is 33.3 Å². The van der Waals surface area contributed by atoms with Crippen LogP contribution in [0.5, 0.6) is 0 Å². The van der Waals surface area contributed by atoms with Gasteiger partial charge in [0.25, 0.3) is 5.91 Å². The van der Waals surface area contributed by atoms with Crippen molar-refractivity contribution in [1.29, 1.82) is 0 Å². The molecule has 0 heterocycles. The van der Waals surface area contributed by atoms with Gasteiger partial charge in [0.2, 0.25) is 5.91 Å². The molecule has 0 aliphatic heterocycles. The Hall–Kier alpha value is -3.14. The topological polar surface area (TPSA) is 58.2 Å². The van der Waals surface area contributed by atoms with Crippen molar-refractivity contribution >= 4 is 64.1 Å². The van der Waals surface area contributed by atoms with Gasteiger partial charge in [0.15, 0.2) is 0 Å². The van der Waals surface area contributed by atoms with Crippen LogP contribution in [-0.2, 0) is 11.0 Å². The van der Waals surface area contributed by atoms with E-state index in [-0.39, 0.29) is 33.1 Å². The summed E-state index contributed by atoms with van der Waals surface area (Å²) in [6.07, 6.45) is -3.60. The lowest BCUT2D eigenvalue weighted by Crippen LogP contribution is -2.18. The maximum Gasteiger partial charge on any atom is 0.416 e. The maximum atomic E-state index is 13.9. The second-order valence-corrected chi connectivity index (χ2v) is 10.3. The number of carbonyl (C=O) groups excluding carboxylic acids is 2. The Balaban J connectivity index is 1.54. The van der Waals surface area contributed by atoms with Crippen LogP contribution in [0.15, 0.2) is 61.2 Å². The Morgan fingerprint density at radius 3 is 2.32 bits per heavy atom. The lowest BCUT2D eigenvalue weighted by molar-refractivity contribution is -0.137.